The van der Waals surface area contributed by atoms with Crippen molar-refractivity contribution in [2.24, 2.45) is 0 Å². The number of para-hydroxylation sites is 1. The lowest BCUT2D eigenvalue weighted by Gasteiger charge is -2.23. The summed E-state index contributed by atoms with van der Waals surface area (Å²) >= 11 is 5.99. The second-order valence-corrected chi connectivity index (χ2v) is 8.42. The Morgan fingerprint density at radius 2 is 1.70 bits per heavy atom. The SMILES string of the molecule is CN(C)S(=O)(=O)N(C)c1ccc(C(=O)NCCOc2ccccc2Cl)cc1. The van der Waals surface area contributed by atoms with Gasteiger partial charge < -0.3 is 10.1 Å². The first kappa shape index (κ1) is 21.0. The Kier molecular flexibility index (Phi) is 7.06. The van der Waals surface area contributed by atoms with E-state index < -0.39 is 10.2 Å². The fourth-order valence-electron chi connectivity index (χ4n) is 2.19. The quantitative estimate of drug-likeness (QED) is 0.676. The second-order valence-electron chi connectivity index (χ2n) is 5.84. The summed E-state index contributed by atoms with van der Waals surface area (Å²) in [6, 6.07) is 13.4. The normalized spacial score (nSPS) is 11.3. The standard InChI is InChI=1S/C18H22ClN3O4S/c1-21(2)27(24,25)22(3)15-10-8-14(9-11-15)18(23)20-12-13-26-17-7-5-4-6-16(17)19/h4-11H,12-13H2,1-3H3,(H,20,23). The van der Waals surface area contributed by atoms with Crippen molar-refractivity contribution in [3.8, 4) is 5.75 Å². The van der Waals surface area contributed by atoms with Crippen LogP contribution in [0.5, 0.6) is 5.75 Å². The van der Waals surface area contributed by atoms with Gasteiger partial charge in [0.25, 0.3) is 5.91 Å². The highest BCUT2D eigenvalue weighted by Gasteiger charge is 2.21. The number of benzene rings is 2. The topological polar surface area (TPSA) is 79.0 Å². The highest BCUT2D eigenvalue weighted by atomic mass is 35.5. The zero-order chi connectivity index (χ0) is 20.0. The highest BCUT2D eigenvalue weighted by molar-refractivity contribution is 7.90. The lowest BCUT2D eigenvalue weighted by atomic mass is 10.2. The van der Waals surface area contributed by atoms with Crippen molar-refractivity contribution in [1.82, 2.24) is 9.62 Å². The molecule has 7 nitrogen and oxygen atoms in total. The first-order valence-corrected chi connectivity index (χ1v) is 9.93. The molecule has 2 aromatic carbocycles. The van der Waals surface area contributed by atoms with Gasteiger partial charge in [-0.1, -0.05) is 23.7 Å². The molecule has 0 saturated carbocycles. The Balaban J connectivity index is 1.89. The molecule has 0 fully saturated rings. The molecule has 0 spiro atoms. The molecule has 146 valence electrons. The van der Waals surface area contributed by atoms with Crippen LogP contribution in [-0.4, -0.2) is 52.9 Å². The van der Waals surface area contributed by atoms with Crippen molar-refractivity contribution < 1.29 is 17.9 Å². The molecule has 1 N–H and O–H groups in total. The Morgan fingerprint density at radius 1 is 1.07 bits per heavy atom. The van der Waals surface area contributed by atoms with Crippen LogP contribution in [0.2, 0.25) is 5.02 Å². The number of amides is 1. The number of carbonyl (C=O) groups is 1. The number of anilines is 1. The number of rotatable bonds is 8. The molecule has 27 heavy (non-hydrogen) atoms. The van der Waals surface area contributed by atoms with Gasteiger partial charge in [0.2, 0.25) is 0 Å². The van der Waals surface area contributed by atoms with E-state index in [4.69, 9.17) is 16.3 Å². The van der Waals surface area contributed by atoms with Gasteiger partial charge >= 0.3 is 10.2 Å². The average molecular weight is 412 g/mol. The van der Waals surface area contributed by atoms with Gasteiger partial charge in [-0.2, -0.15) is 12.7 Å². The monoisotopic (exact) mass is 411 g/mol. The van der Waals surface area contributed by atoms with Crippen LogP contribution in [0.4, 0.5) is 5.69 Å². The van der Waals surface area contributed by atoms with Crippen molar-refractivity contribution >= 4 is 33.4 Å². The van der Waals surface area contributed by atoms with Gasteiger partial charge in [0, 0.05) is 26.7 Å². The van der Waals surface area contributed by atoms with Crippen molar-refractivity contribution in [1.29, 1.82) is 0 Å². The van der Waals surface area contributed by atoms with Crippen molar-refractivity contribution in [2.45, 2.75) is 0 Å². The summed E-state index contributed by atoms with van der Waals surface area (Å²) < 4.78 is 32.0. The molecule has 2 rings (SSSR count). The summed E-state index contributed by atoms with van der Waals surface area (Å²) in [5, 5.41) is 3.25. The molecule has 9 heteroatoms. The molecule has 0 aliphatic carbocycles. The first-order valence-electron chi connectivity index (χ1n) is 8.15. The zero-order valence-corrected chi connectivity index (χ0v) is 16.9. The van der Waals surface area contributed by atoms with E-state index in [0.29, 0.717) is 28.6 Å². The molecule has 0 unspecified atom stereocenters. The molecule has 0 radical (unpaired) electrons. The lowest BCUT2D eigenvalue weighted by molar-refractivity contribution is 0.0947. The van der Waals surface area contributed by atoms with Crippen LogP contribution in [0.3, 0.4) is 0 Å². The van der Waals surface area contributed by atoms with Crippen LogP contribution in [0, 0.1) is 0 Å². The van der Waals surface area contributed by atoms with E-state index in [0.717, 1.165) is 8.61 Å². The molecule has 0 heterocycles. The van der Waals surface area contributed by atoms with E-state index in [1.165, 1.54) is 21.1 Å². The van der Waals surface area contributed by atoms with E-state index in [1.807, 2.05) is 12.1 Å². The van der Waals surface area contributed by atoms with E-state index in [9.17, 15) is 13.2 Å². The summed E-state index contributed by atoms with van der Waals surface area (Å²) in [5.41, 5.74) is 0.884. The minimum atomic E-state index is -3.57. The van der Waals surface area contributed by atoms with Crippen LogP contribution in [0.25, 0.3) is 0 Å². The van der Waals surface area contributed by atoms with Gasteiger partial charge in [0.15, 0.2) is 0 Å². The fourth-order valence-corrected chi connectivity index (χ4v) is 3.26. The minimum absolute atomic E-state index is 0.275. The van der Waals surface area contributed by atoms with E-state index in [1.54, 1.807) is 36.4 Å². The number of ether oxygens (including phenoxy) is 1. The molecule has 0 saturated heterocycles. The molecule has 0 aliphatic rings. The molecule has 1 amide bonds. The second kappa shape index (κ2) is 9.07. The average Bonchev–Trinajstić information content (AvgIpc) is 2.65. The largest absolute Gasteiger partial charge is 0.490 e. The molecular weight excluding hydrogens is 390 g/mol. The van der Waals surface area contributed by atoms with Gasteiger partial charge in [-0.05, 0) is 36.4 Å². The minimum Gasteiger partial charge on any atom is -0.490 e. The molecule has 0 aliphatic heterocycles. The van der Waals surface area contributed by atoms with Crippen LogP contribution in [-0.2, 0) is 10.2 Å². The van der Waals surface area contributed by atoms with Crippen molar-refractivity contribution in [3.63, 3.8) is 0 Å². The molecule has 0 bridgehead atoms. The van der Waals surface area contributed by atoms with E-state index >= 15 is 0 Å². The fraction of sp³-hybridized carbons (Fsp3) is 0.278. The summed E-state index contributed by atoms with van der Waals surface area (Å²) in [4.78, 5) is 12.2. The Morgan fingerprint density at radius 3 is 2.30 bits per heavy atom. The van der Waals surface area contributed by atoms with Crippen molar-refractivity contribution in [3.05, 3.63) is 59.1 Å². The van der Waals surface area contributed by atoms with Gasteiger partial charge in [-0.3, -0.25) is 9.10 Å². The Labute approximate surface area is 164 Å². The predicted octanol–water partition coefficient (Wildman–Crippen LogP) is 2.39. The van der Waals surface area contributed by atoms with E-state index in [-0.39, 0.29) is 12.5 Å². The first-order chi connectivity index (χ1) is 12.7. The van der Waals surface area contributed by atoms with Crippen molar-refractivity contribution in [2.75, 3.05) is 38.6 Å². The predicted molar refractivity (Wildman–Crippen MR) is 107 cm³/mol. The Bertz CT molecular complexity index is 886. The van der Waals surface area contributed by atoms with Gasteiger partial charge in [-0.25, -0.2) is 0 Å². The third-order valence-corrected chi connectivity index (χ3v) is 5.92. The molecule has 0 atom stereocenters. The smallest absolute Gasteiger partial charge is 0.303 e. The van der Waals surface area contributed by atoms with Gasteiger partial charge in [0.05, 0.1) is 17.3 Å². The third kappa shape index (κ3) is 5.35. The number of carbonyl (C=O) groups excluding carboxylic acids is 1. The highest BCUT2D eigenvalue weighted by Crippen LogP contribution is 2.22. The summed E-state index contributed by atoms with van der Waals surface area (Å²) in [6.07, 6.45) is 0. The summed E-state index contributed by atoms with van der Waals surface area (Å²) in [6.45, 7) is 0.581. The van der Waals surface area contributed by atoms with Crippen LogP contribution < -0.4 is 14.4 Å². The zero-order valence-electron chi connectivity index (χ0n) is 15.3. The van der Waals surface area contributed by atoms with Gasteiger partial charge in [0.1, 0.15) is 12.4 Å². The van der Waals surface area contributed by atoms with E-state index in [2.05, 4.69) is 5.32 Å². The maximum Gasteiger partial charge on any atom is 0.303 e. The summed E-state index contributed by atoms with van der Waals surface area (Å²) in [7, 11) is 0.796. The molecule has 0 aromatic heterocycles. The van der Waals surface area contributed by atoms with Gasteiger partial charge in [-0.15, -0.1) is 0 Å². The Hall–Kier alpha value is -2.29. The maximum atomic E-state index is 12.2. The molecule has 2 aromatic rings. The molecular formula is C18H22ClN3O4S. The number of nitrogens with one attached hydrogen (secondary N) is 1. The number of nitrogens with zero attached hydrogens (tertiary/aromatic N) is 2. The number of hydrogen-bond acceptors (Lipinski definition) is 4. The maximum absolute atomic E-state index is 12.2. The van der Waals surface area contributed by atoms with Crippen LogP contribution in [0.1, 0.15) is 10.4 Å². The number of hydrogen-bond donors (Lipinski definition) is 1. The number of halogens is 1. The lowest BCUT2D eigenvalue weighted by Crippen LogP contribution is -2.37. The third-order valence-electron chi connectivity index (χ3n) is 3.78. The van der Waals surface area contributed by atoms with Crippen LogP contribution in [0.15, 0.2) is 48.5 Å². The summed E-state index contributed by atoms with van der Waals surface area (Å²) in [5.74, 6) is 0.283. The van der Waals surface area contributed by atoms with Crippen LogP contribution >= 0.6 is 11.6 Å².